The van der Waals surface area contributed by atoms with E-state index in [1.54, 1.807) is 36.4 Å². The average Bonchev–Trinajstić information content (AvgIpc) is 3.12. The summed E-state index contributed by atoms with van der Waals surface area (Å²) in [6.07, 6.45) is 0. The molecule has 0 aromatic heterocycles. The molecule has 7 rings (SSSR count). The van der Waals surface area contributed by atoms with Crippen LogP contribution in [0.2, 0.25) is 13.1 Å². The van der Waals surface area contributed by atoms with E-state index in [0.29, 0.717) is 33.8 Å². The topological polar surface area (TPSA) is 52.6 Å². The van der Waals surface area contributed by atoms with E-state index in [1.165, 1.54) is 0 Å². The molecule has 6 heteroatoms. The molecule has 0 unspecified atom stereocenters. The van der Waals surface area contributed by atoms with Gasteiger partial charge < -0.3 is 8.85 Å². The zero-order valence-corrected chi connectivity index (χ0v) is 27.6. The van der Waals surface area contributed by atoms with Gasteiger partial charge in [0.1, 0.15) is 11.5 Å². The smallest absolute Gasteiger partial charge is 0.311 e. The maximum Gasteiger partial charge on any atom is 0.311 e. The van der Waals surface area contributed by atoms with Crippen molar-refractivity contribution < 1.29 is 18.4 Å². The molecule has 224 valence electrons. The average molecular weight is 633 g/mol. The highest BCUT2D eigenvalue weighted by Gasteiger charge is 2.41. The molecular formula is C40H32O4Si2. The van der Waals surface area contributed by atoms with Crippen molar-refractivity contribution in [1.29, 1.82) is 0 Å². The lowest BCUT2D eigenvalue weighted by molar-refractivity contribution is 0.0978. The van der Waals surface area contributed by atoms with Crippen LogP contribution in [0.25, 0.3) is 0 Å². The van der Waals surface area contributed by atoms with Crippen molar-refractivity contribution in [1.82, 2.24) is 0 Å². The largest absolute Gasteiger partial charge is 0.532 e. The molecule has 6 aromatic rings. The van der Waals surface area contributed by atoms with Crippen LogP contribution in [0.3, 0.4) is 0 Å². The molecular weight excluding hydrogens is 601 g/mol. The molecule has 1 aliphatic carbocycles. The van der Waals surface area contributed by atoms with Crippen LogP contribution in [-0.2, 0) is 0 Å². The molecule has 6 aromatic carbocycles. The number of hydrogen-bond acceptors (Lipinski definition) is 4. The summed E-state index contributed by atoms with van der Waals surface area (Å²) in [7, 11) is -5.85. The van der Waals surface area contributed by atoms with E-state index in [9.17, 15) is 9.59 Å². The second-order valence-corrected chi connectivity index (χ2v) is 18.6. The zero-order chi connectivity index (χ0) is 31.7. The molecule has 0 saturated carbocycles. The Labute approximate surface area is 271 Å². The number of fused-ring (bicyclic) bond motifs is 2. The maximum absolute atomic E-state index is 13.9. The first-order valence-electron chi connectivity index (χ1n) is 15.3. The molecule has 0 amide bonds. The predicted molar refractivity (Wildman–Crippen MR) is 189 cm³/mol. The minimum absolute atomic E-state index is 0.199. The highest BCUT2D eigenvalue weighted by molar-refractivity contribution is 6.97. The Kier molecular flexibility index (Phi) is 7.60. The zero-order valence-electron chi connectivity index (χ0n) is 25.6. The van der Waals surface area contributed by atoms with Crippen LogP contribution in [0, 0.1) is 0 Å². The number of hydrogen-bond donors (Lipinski definition) is 0. The minimum atomic E-state index is -2.92. The normalized spacial score (nSPS) is 12.7. The van der Waals surface area contributed by atoms with Gasteiger partial charge in [0.15, 0.2) is 11.6 Å². The van der Waals surface area contributed by atoms with Gasteiger partial charge in [-0.05, 0) is 46.0 Å². The third-order valence-corrected chi connectivity index (χ3v) is 15.9. The molecule has 0 atom stereocenters. The van der Waals surface area contributed by atoms with Gasteiger partial charge in [0, 0.05) is 22.3 Å². The van der Waals surface area contributed by atoms with Crippen LogP contribution in [-0.4, -0.2) is 28.2 Å². The molecule has 4 nitrogen and oxygen atoms in total. The van der Waals surface area contributed by atoms with Gasteiger partial charge in [-0.1, -0.05) is 146 Å². The summed E-state index contributed by atoms with van der Waals surface area (Å²) in [5.74, 6) is 0.504. The lowest BCUT2D eigenvalue weighted by Crippen LogP contribution is -2.62. The van der Waals surface area contributed by atoms with Gasteiger partial charge in [0.05, 0.1) is 0 Å². The van der Waals surface area contributed by atoms with Crippen molar-refractivity contribution in [2.75, 3.05) is 0 Å². The first-order chi connectivity index (χ1) is 22.4. The first-order valence-corrected chi connectivity index (χ1v) is 20.2. The Morgan fingerprint density at radius 2 is 0.630 bits per heavy atom. The fraction of sp³-hybridized carbons (Fsp3) is 0.0500. The van der Waals surface area contributed by atoms with E-state index in [-0.39, 0.29) is 11.6 Å². The summed E-state index contributed by atoms with van der Waals surface area (Å²) < 4.78 is 14.5. The molecule has 0 N–H and O–H groups in total. The van der Waals surface area contributed by atoms with Gasteiger partial charge in [0.25, 0.3) is 0 Å². The lowest BCUT2D eigenvalue weighted by Gasteiger charge is -2.34. The van der Waals surface area contributed by atoms with Crippen LogP contribution in [0.1, 0.15) is 31.8 Å². The number of carbonyl (C=O) groups is 2. The predicted octanol–water partition coefficient (Wildman–Crippen LogP) is 6.00. The van der Waals surface area contributed by atoms with Gasteiger partial charge in [-0.2, -0.15) is 0 Å². The van der Waals surface area contributed by atoms with Crippen LogP contribution in [0.15, 0.2) is 158 Å². The molecule has 1 aliphatic rings. The fourth-order valence-electron chi connectivity index (χ4n) is 6.30. The molecule has 46 heavy (non-hydrogen) atoms. The minimum Gasteiger partial charge on any atom is -0.532 e. The van der Waals surface area contributed by atoms with Crippen molar-refractivity contribution in [3.8, 4) is 11.5 Å². The van der Waals surface area contributed by atoms with E-state index < -0.39 is 16.6 Å². The van der Waals surface area contributed by atoms with E-state index in [1.807, 2.05) is 72.8 Å². The third kappa shape index (κ3) is 5.11. The number of rotatable bonds is 8. The second kappa shape index (κ2) is 11.9. The number of benzene rings is 6. The van der Waals surface area contributed by atoms with Gasteiger partial charge in [0.2, 0.25) is 0 Å². The molecule has 0 spiro atoms. The van der Waals surface area contributed by atoms with Crippen molar-refractivity contribution in [3.63, 3.8) is 0 Å². The Hall–Kier alpha value is -5.31. The highest BCUT2D eigenvalue weighted by atomic mass is 28.4. The van der Waals surface area contributed by atoms with Crippen LogP contribution in [0.5, 0.6) is 11.5 Å². The molecule has 0 bridgehead atoms. The molecule has 0 aliphatic heterocycles. The Balaban J connectivity index is 1.46. The Bertz CT molecular complexity index is 1820. The number of carbonyl (C=O) groups excluding carboxylic acids is 2. The van der Waals surface area contributed by atoms with Crippen LogP contribution >= 0.6 is 0 Å². The fourth-order valence-corrected chi connectivity index (χ4v) is 11.9. The summed E-state index contributed by atoms with van der Waals surface area (Å²) in [5, 5.41) is 4.29. The Morgan fingerprint density at radius 1 is 0.370 bits per heavy atom. The summed E-state index contributed by atoms with van der Waals surface area (Å²) in [6, 6.07) is 51.4. The van der Waals surface area contributed by atoms with Crippen molar-refractivity contribution in [3.05, 3.63) is 180 Å². The summed E-state index contributed by atoms with van der Waals surface area (Å²) in [5.41, 5.74) is 1.45. The third-order valence-electron chi connectivity index (χ3n) is 8.92. The van der Waals surface area contributed by atoms with Crippen LogP contribution in [0.4, 0.5) is 0 Å². The maximum atomic E-state index is 13.9. The van der Waals surface area contributed by atoms with Gasteiger partial charge in [-0.15, -0.1) is 0 Å². The van der Waals surface area contributed by atoms with E-state index in [0.717, 1.165) is 20.7 Å². The lowest BCUT2D eigenvalue weighted by atomic mass is 9.84. The van der Waals surface area contributed by atoms with Gasteiger partial charge in [-0.25, -0.2) is 0 Å². The monoisotopic (exact) mass is 632 g/mol. The second-order valence-electron chi connectivity index (χ2n) is 11.8. The van der Waals surface area contributed by atoms with Gasteiger partial charge >= 0.3 is 16.6 Å². The number of ketones is 2. The molecule has 0 saturated heterocycles. The van der Waals surface area contributed by atoms with E-state index >= 15 is 0 Å². The standard InChI is InChI=1S/C40H32O4Si2/c1-45(29-17-7-3-8-18-29,30-19-9-4-10-20-30)43-37-27-35-36(40(42)34-26-16-15-25-33(34)39(35)41)28-38(37)44-46(2,31-21-11-5-12-22-31)32-23-13-6-14-24-32/h3-28H,1-2H3. The van der Waals surface area contributed by atoms with E-state index in [4.69, 9.17) is 8.85 Å². The quantitative estimate of drug-likeness (QED) is 0.193. The summed E-state index contributed by atoms with van der Waals surface area (Å²) in [4.78, 5) is 27.8. The molecule has 0 radical (unpaired) electrons. The van der Waals surface area contributed by atoms with Crippen molar-refractivity contribution >= 4 is 48.9 Å². The van der Waals surface area contributed by atoms with Crippen molar-refractivity contribution in [2.45, 2.75) is 13.1 Å². The summed E-state index contributed by atoms with van der Waals surface area (Å²) in [6.45, 7) is 4.32. The first kappa shape index (κ1) is 29.4. The van der Waals surface area contributed by atoms with E-state index in [2.05, 4.69) is 61.6 Å². The molecule has 0 heterocycles. The highest BCUT2D eigenvalue weighted by Crippen LogP contribution is 2.39. The van der Waals surface area contributed by atoms with Crippen LogP contribution < -0.4 is 29.6 Å². The SMILES string of the molecule is C[Si](Oc1cc2c(cc1O[Si](C)(c1ccccc1)c1ccccc1)C(=O)c1ccccc1C2=O)(c1ccccc1)c1ccccc1. The Morgan fingerprint density at radius 3 is 0.913 bits per heavy atom. The molecule has 0 fully saturated rings. The van der Waals surface area contributed by atoms with Gasteiger partial charge in [-0.3, -0.25) is 9.59 Å². The summed E-state index contributed by atoms with van der Waals surface area (Å²) >= 11 is 0. The van der Waals surface area contributed by atoms with Crippen molar-refractivity contribution in [2.24, 2.45) is 0 Å².